The molecule has 0 spiro atoms. The number of hydrogen-bond donors (Lipinski definition) is 2. The summed E-state index contributed by atoms with van der Waals surface area (Å²) < 4.78 is 5.82. The molecule has 1 amide bonds. The number of nitrogens with two attached hydrogens (primary N) is 1. The molecule has 2 fully saturated rings. The molecule has 1 aromatic carbocycles. The molecule has 1 aromatic rings. The number of morpholine rings is 1. The molecular formula is C20H31N3O2. The average molecular weight is 345 g/mol. The summed E-state index contributed by atoms with van der Waals surface area (Å²) in [6.45, 7) is 7.65. The van der Waals surface area contributed by atoms with E-state index in [4.69, 9.17) is 10.5 Å². The molecule has 1 aliphatic heterocycles. The number of benzene rings is 1. The van der Waals surface area contributed by atoms with Gasteiger partial charge in [0.25, 0.3) is 0 Å². The van der Waals surface area contributed by atoms with Crippen LogP contribution in [-0.4, -0.2) is 42.1 Å². The van der Waals surface area contributed by atoms with Gasteiger partial charge in [-0.05, 0) is 44.2 Å². The molecule has 1 aliphatic carbocycles. The van der Waals surface area contributed by atoms with Gasteiger partial charge in [0, 0.05) is 38.1 Å². The van der Waals surface area contributed by atoms with Gasteiger partial charge in [0.2, 0.25) is 5.91 Å². The highest BCUT2D eigenvalue weighted by Gasteiger charge is 2.27. The van der Waals surface area contributed by atoms with Crippen molar-refractivity contribution in [3.63, 3.8) is 0 Å². The van der Waals surface area contributed by atoms with Crippen molar-refractivity contribution in [1.29, 1.82) is 0 Å². The summed E-state index contributed by atoms with van der Waals surface area (Å²) >= 11 is 0. The van der Waals surface area contributed by atoms with Gasteiger partial charge in [0.15, 0.2) is 0 Å². The first-order chi connectivity index (χ1) is 12.0. The molecule has 4 atom stereocenters. The van der Waals surface area contributed by atoms with Crippen molar-refractivity contribution in [2.75, 3.05) is 13.1 Å². The molecule has 1 saturated carbocycles. The average Bonchev–Trinajstić information content (AvgIpc) is 2.99. The van der Waals surface area contributed by atoms with Gasteiger partial charge in [0.1, 0.15) is 0 Å². The molecule has 1 heterocycles. The Balaban J connectivity index is 1.58. The molecule has 138 valence electrons. The van der Waals surface area contributed by atoms with E-state index in [1.165, 1.54) is 11.1 Å². The van der Waals surface area contributed by atoms with E-state index < -0.39 is 0 Å². The van der Waals surface area contributed by atoms with E-state index in [-0.39, 0.29) is 30.1 Å². The maximum Gasteiger partial charge on any atom is 0.223 e. The number of rotatable bonds is 5. The Morgan fingerprint density at radius 1 is 1.20 bits per heavy atom. The maximum atomic E-state index is 12.4. The number of nitrogens with one attached hydrogen (secondary N) is 1. The van der Waals surface area contributed by atoms with Crippen molar-refractivity contribution in [3.8, 4) is 0 Å². The largest absolute Gasteiger partial charge is 0.373 e. The highest BCUT2D eigenvalue weighted by atomic mass is 16.5. The summed E-state index contributed by atoms with van der Waals surface area (Å²) in [5.74, 6) is 0.236. The maximum absolute atomic E-state index is 12.4. The lowest BCUT2D eigenvalue weighted by molar-refractivity contribution is -0.125. The van der Waals surface area contributed by atoms with Gasteiger partial charge < -0.3 is 15.8 Å². The Morgan fingerprint density at radius 2 is 1.88 bits per heavy atom. The van der Waals surface area contributed by atoms with Crippen LogP contribution in [0.1, 0.15) is 44.2 Å². The highest BCUT2D eigenvalue weighted by Crippen LogP contribution is 2.24. The van der Waals surface area contributed by atoms with Crippen molar-refractivity contribution in [3.05, 3.63) is 35.4 Å². The molecule has 0 aromatic heterocycles. The van der Waals surface area contributed by atoms with Crippen LogP contribution in [0.15, 0.2) is 24.3 Å². The van der Waals surface area contributed by atoms with Gasteiger partial charge >= 0.3 is 0 Å². The highest BCUT2D eigenvalue weighted by molar-refractivity contribution is 5.79. The van der Waals surface area contributed by atoms with E-state index in [1.54, 1.807) is 0 Å². The second kappa shape index (κ2) is 8.30. The smallest absolute Gasteiger partial charge is 0.223 e. The van der Waals surface area contributed by atoms with Crippen molar-refractivity contribution in [2.24, 2.45) is 11.7 Å². The van der Waals surface area contributed by atoms with Crippen LogP contribution in [-0.2, 0) is 22.6 Å². The van der Waals surface area contributed by atoms with Gasteiger partial charge in [-0.15, -0.1) is 0 Å². The Hall–Kier alpha value is -1.43. The predicted molar refractivity (Wildman–Crippen MR) is 98.9 cm³/mol. The number of ether oxygens (including phenoxy) is 1. The lowest BCUT2D eigenvalue weighted by Gasteiger charge is -2.35. The minimum Gasteiger partial charge on any atom is -0.373 e. The number of amides is 1. The van der Waals surface area contributed by atoms with Gasteiger partial charge in [-0.2, -0.15) is 0 Å². The number of hydrogen-bond acceptors (Lipinski definition) is 4. The molecule has 5 nitrogen and oxygen atoms in total. The Labute approximate surface area is 150 Å². The predicted octanol–water partition coefficient (Wildman–Crippen LogP) is 2.04. The monoisotopic (exact) mass is 345 g/mol. The van der Waals surface area contributed by atoms with E-state index in [0.29, 0.717) is 6.54 Å². The third-order valence-corrected chi connectivity index (χ3v) is 5.30. The number of nitrogens with zero attached hydrogens (tertiary/aromatic N) is 1. The lowest BCUT2D eigenvalue weighted by Crippen LogP contribution is -2.45. The normalized spacial score (nSPS) is 30.4. The standard InChI is InChI=1S/C20H31N3O2/c1-14-11-23(12-15(2)25-14)13-18-6-4-3-5-17(18)10-22-20(24)16-7-8-19(21)9-16/h3-6,14-16,19H,7-13,21H2,1-2H3,(H,22,24)/t14-,15+,16-,19+/m1/s1. The van der Waals surface area contributed by atoms with Crippen LogP contribution in [0.5, 0.6) is 0 Å². The molecular weight excluding hydrogens is 314 g/mol. The zero-order chi connectivity index (χ0) is 17.8. The first kappa shape index (κ1) is 18.4. The van der Waals surface area contributed by atoms with Crippen LogP contribution in [0.4, 0.5) is 0 Å². The fourth-order valence-corrected chi connectivity index (χ4v) is 4.12. The lowest BCUT2D eigenvalue weighted by atomic mass is 10.0. The van der Waals surface area contributed by atoms with Crippen LogP contribution in [0, 0.1) is 5.92 Å². The van der Waals surface area contributed by atoms with E-state index in [0.717, 1.165) is 38.9 Å². The Kier molecular flexibility index (Phi) is 6.10. The zero-order valence-electron chi connectivity index (χ0n) is 15.4. The van der Waals surface area contributed by atoms with Crippen LogP contribution < -0.4 is 11.1 Å². The fraction of sp³-hybridized carbons (Fsp3) is 0.650. The quantitative estimate of drug-likeness (QED) is 0.857. The van der Waals surface area contributed by atoms with Gasteiger partial charge in [-0.1, -0.05) is 24.3 Å². The van der Waals surface area contributed by atoms with E-state index in [1.807, 2.05) is 6.07 Å². The Morgan fingerprint density at radius 3 is 2.52 bits per heavy atom. The fourth-order valence-electron chi connectivity index (χ4n) is 4.12. The molecule has 3 rings (SSSR count). The molecule has 25 heavy (non-hydrogen) atoms. The van der Waals surface area contributed by atoms with Crippen LogP contribution >= 0.6 is 0 Å². The molecule has 0 unspecified atom stereocenters. The molecule has 5 heteroatoms. The number of carbonyl (C=O) groups excluding carboxylic acids is 1. The second-order valence-corrected chi connectivity index (χ2v) is 7.71. The summed E-state index contributed by atoms with van der Waals surface area (Å²) in [4.78, 5) is 14.8. The van der Waals surface area contributed by atoms with E-state index in [9.17, 15) is 4.79 Å². The molecule has 3 N–H and O–H groups in total. The van der Waals surface area contributed by atoms with Crippen molar-refractivity contribution >= 4 is 5.91 Å². The van der Waals surface area contributed by atoms with Crippen LogP contribution in [0.25, 0.3) is 0 Å². The third-order valence-electron chi connectivity index (χ3n) is 5.30. The summed E-state index contributed by atoms with van der Waals surface area (Å²) in [6, 6.07) is 8.58. The molecule has 0 radical (unpaired) electrons. The summed E-state index contributed by atoms with van der Waals surface area (Å²) in [7, 11) is 0. The van der Waals surface area contributed by atoms with Gasteiger partial charge in [0.05, 0.1) is 12.2 Å². The first-order valence-corrected chi connectivity index (χ1v) is 9.49. The van der Waals surface area contributed by atoms with E-state index in [2.05, 4.69) is 42.3 Å². The topological polar surface area (TPSA) is 67.6 Å². The van der Waals surface area contributed by atoms with Crippen molar-refractivity contribution in [1.82, 2.24) is 10.2 Å². The summed E-state index contributed by atoms with van der Waals surface area (Å²) in [6.07, 6.45) is 3.22. The number of carbonyl (C=O) groups is 1. The summed E-state index contributed by atoms with van der Waals surface area (Å²) in [5.41, 5.74) is 8.41. The van der Waals surface area contributed by atoms with Crippen LogP contribution in [0.3, 0.4) is 0 Å². The van der Waals surface area contributed by atoms with E-state index >= 15 is 0 Å². The second-order valence-electron chi connectivity index (χ2n) is 7.71. The van der Waals surface area contributed by atoms with Gasteiger partial charge in [-0.25, -0.2) is 0 Å². The summed E-state index contributed by atoms with van der Waals surface area (Å²) in [5, 5.41) is 3.12. The third kappa shape index (κ3) is 5.03. The van der Waals surface area contributed by atoms with Crippen molar-refractivity contribution in [2.45, 2.75) is 64.4 Å². The first-order valence-electron chi connectivity index (χ1n) is 9.49. The van der Waals surface area contributed by atoms with Crippen molar-refractivity contribution < 1.29 is 9.53 Å². The Bertz CT molecular complexity index is 582. The SMILES string of the molecule is C[C@@H]1CN(Cc2ccccc2CNC(=O)[C@@H]2CC[C@H](N)C2)C[C@H](C)O1. The van der Waals surface area contributed by atoms with Gasteiger partial charge in [-0.3, -0.25) is 9.69 Å². The zero-order valence-corrected chi connectivity index (χ0v) is 15.4. The minimum absolute atomic E-state index is 0.0862. The minimum atomic E-state index is 0.0862. The molecule has 0 bridgehead atoms. The molecule has 1 saturated heterocycles. The van der Waals surface area contributed by atoms with Crippen LogP contribution in [0.2, 0.25) is 0 Å². The molecule has 2 aliphatic rings.